The lowest BCUT2D eigenvalue weighted by molar-refractivity contribution is 0.101. The van der Waals surface area contributed by atoms with Crippen molar-refractivity contribution in [2.24, 2.45) is 0 Å². The predicted molar refractivity (Wildman–Crippen MR) is 62.4 cm³/mol. The molecular formula is C11H10N4O2. The van der Waals surface area contributed by atoms with E-state index in [0.717, 1.165) is 6.20 Å². The summed E-state index contributed by atoms with van der Waals surface area (Å²) in [6, 6.07) is 6.84. The van der Waals surface area contributed by atoms with Crippen LogP contribution in [0.25, 0.3) is 0 Å². The molecule has 2 N–H and O–H groups in total. The van der Waals surface area contributed by atoms with E-state index in [0.29, 0.717) is 11.3 Å². The first kappa shape index (κ1) is 11.0. The number of benzene rings is 1. The van der Waals surface area contributed by atoms with Gasteiger partial charge in [0.1, 0.15) is 6.20 Å². The van der Waals surface area contributed by atoms with Gasteiger partial charge >= 0.3 is 0 Å². The fourth-order valence-corrected chi connectivity index (χ4v) is 1.29. The molecule has 86 valence electrons. The summed E-state index contributed by atoms with van der Waals surface area (Å²) < 4.78 is 0. The number of Topliss-reactive ketones (excluding diaryl/α,β-unsaturated/α-hetero) is 1. The van der Waals surface area contributed by atoms with E-state index in [-0.39, 0.29) is 17.3 Å². The Kier molecular flexibility index (Phi) is 2.95. The quantitative estimate of drug-likeness (QED) is 0.771. The molecule has 2 rings (SSSR count). The zero-order valence-electron chi connectivity index (χ0n) is 9.10. The third-order valence-electron chi connectivity index (χ3n) is 2.13. The molecule has 0 atom stereocenters. The number of hydrogen-bond donors (Lipinski definition) is 2. The number of carbonyl (C=O) groups is 1. The summed E-state index contributed by atoms with van der Waals surface area (Å²) >= 11 is 0. The second kappa shape index (κ2) is 4.56. The zero-order chi connectivity index (χ0) is 12.3. The summed E-state index contributed by atoms with van der Waals surface area (Å²) in [4.78, 5) is 24.5. The maximum Gasteiger partial charge on any atom is 0.271 e. The Hall–Kier alpha value is -2.50. The second-order valence-electron chi connectivity index (χ2n) is 3.44. The monoisotopic (exact) mass is 230 g/mol. The second-order valence-corrected chi connectivity index (χ2v) is 3.44. The molecule has 6 nitrogen and oxygen atoms in total. The average molecular weight is 230 g/mol. The van der Waals surface area contributed by atoms with Gasteiger partial charge in [0.05, 0.1) is 0 Å². The normalized spacial score (nSPS) is 9.94. The number of hydrogen-bond acceptors (Lipinski definition) is 5. The van der Waals surface area contributed by atoms with Crippen LogP contribution < -0.4 is 10.9 Å². The fourth-order valence-electron chi connectivity index (χ4n) is 1.29. The van der Waals surface area contributed by atoms with Gasteiger partial charge in [-0.1, -0.05) is 0 Å². The van der Waals surface area contributed by atoms with Gasteiger partial charge in [0.25, 0.3) is 5.56 Å². The molecule has 17 heavy (non-hydrogen) atoms. The van der Waals surface area contributed by atoms with Crippen molar-refractivity contribution >= 4 is 17.4 Å². The first-order valence-electron chi connectivity index (χ1n) is 4.95. The summed E-state index contributed by atoms with van der Waals surface area (Å²) in [7, 11) is 0. The molecule has 0 amide bonds. The van der Waals surface area contributed by atoms with Crippen molar-refractivity contribution in [1.82, 2.24) is 15.2 Å². The number of ketones is 1. The Labute approximate surface area is 96.7 Å². The minimum atomic E-state index is -0.331. The van der Waals surface area contributed by atoms with Gasteiger partial charge in [-0.05, 0) is 31.2 Å². The standard InChI is InChI=1S/C11H10N4O2/c1-7(16)8-2-4-9(5-3-8)13-11-14-10(17)6-12-15-11/h2-6H,1H3,(H2,13,14,15,17). The van der Waals surface area contributed by atoms with Crippen molar-refractivity contribution in [3.05, 3.63) is 46.4 Å². The van der Waals surface area contributed by atoms with Crippen LogP contribution in [-0.2, 0) is 0 Å². The van der Waals surface area contributed by atoms with E-state index in [9.17, 15) is 9.59 Å². The smallest absolute Gasteiger partial charge is 0.271 e. The van der Waals surface area contributed by atoms with E-state index in [4.69, 9.17) is 0 Å². The van der Waals surface area contributed by atoms with Crippen molar-refractivity contribution in [1.29, 1.82) is 0 Å². The third-order valence-corrected chi connectivity index (χ3v) is 2.13. The van der Waals surface area contributed by atoms with Crippen LogP contribution in [0.4, 0.5) is 11.6 Å². The molecule has 2 aromatic rings. The minimum absolute atomic E-state index is 0.00413. The summed E-state index contributed by atoms with van der Waals surface area (Å²) in [5.74, 6) is 0.262. The number of nitrogens with one attached hydrogen (secondary N) is 2. The van der Waals surface area contributed by atoms with Crippen LogP contribution in [0.15, 0.2) is 35.3 Å². The van der Waals surface area contributed by atoms with Gasteiger partial charge in [0, 0.05) is 11.3 Å². The van der Waals surface area contributed by atoms with E-state index >= 15 is 0 Å². The molecule has 0 saturated heterocycles. The molecule has 0 aliphatic rings. The molecule has 0 aliphatic heterocycles. The highest BCUT2D eigenvalue weighted by atomic mass is 16.1. The molecule has 0 spiro atoms. The Morgan fingerprint density at radius 2 is 2.00 bits per heavy atom. The highest BCUT2D eigenvalue weighted by molar-refractivity contribution is 5.94. The third kappa shape index (κ3) is 2.75. The first-order chi connectivity index (χ1) is 8.15. The van der Waals surface area contributed by atoms with Gasteiger partial charge in [-0.2, -0.15) is 0 Å². The van der Waals surface area contributed by atoms with E-state index in [1.165, 1.54) is 6.92 Å². The number of H-pyrrole nitrogens is 1. The maximum absolute atomic E-state index is 11.1. The van der Waals surface area contributed by atoms with Crippen molar-refractivity contribution < 1.29 is 4.79 Å². The lowest BCUT2D eigenvalue weighted by Gasteiger charge is -2.04. The maximum atomic E-state index is 11.1. The lowest BCUT2D eigenvalue weighted by Crippen LogP contribution is -2.10. The van der Waals surface area contributed by atoms with Crippen molar-refractivity contribution in [3.63, 3.8) is 0 Å². The Morgan fingerprint density at radius 3 is 2.59 bits per heavy atom. The molecular weight excluding hydrogens is 220 g/mol. The topological polar surface area (TPSA) is 87.7 Å². The van der Waals surface area contributed by atoms with Gasteiger partial charge in [-0.25, -0.2) is 0 Å². The predicted octanol–water partition coefficient (Wildman–Crippen LogP) is 1.11. The number of rotatable bonds is 3. The van der Waals surface area contributed by atoms with Gasteiger partial charge in [0.2, 0.25) is 5.95 Å². The largest absolute Gasteiger partial charge is 0.324 e. The van der Waals surface area contributed by atoms with E-state index in [2.05, 4.69) is 20.5 Å². The molecule has 0 fully saturated rings. The van der Waals surface area contributed by atoms with Crippen LogP contribution in [0.2, 0.25) is 0 Å². The van der Waals surface area contributed by atoms with Crippen LogP contribution >= 0.6 is 0 Å². The van der Waals surface area contributed by atoms with Crippen molar-refractivity contribution in [2.45, 2.75) is 6.92 Å². The van der Waals surface area contributed by atoms with E-state index in [1.807, 2.05) is 0 Å². The molecule has 1 heterocycles. The molecule has 0 saturated carbocycles. The number of anilines is 2. The fraction of sp³-hybridized carbons (Fsp3) is 0.0909. The van der Waals surface area contributed by atoms with Crippen LogP contribution in [0.5, 0.6) is 0 Å². The summed E-state index contributed by atoms with van der Waals surface area (Å²) in [5.41, 5.74) is 1.01. The van der Waals surface area contributed by atoms with Crippen LogP contribution in [-0.4, -0.2) is 21.0 Å². The van der Waals surface area contributed by atoms with Crippen molar-refractivity contribution in [2.75, 3.05) is 5.32 Å². The number of aromatic nitrogens is 3. The Bertz CT molecular complexity index is 589. The lowest BCUT2D eigenvalue weighted by atomic mass is 10.1. The molecule has 0 aliphatic carbocycles. The van der Waals surface area contributed by atoms with Gasteiger partial charge in [-0.3, -0.25) is 14.6 Å². The molecule has 1 aromatic heterocycles. The van der Waals surface area contributed by atoms with Crippen LogP contribution in [0, 0.1) is 0 Å². The van der Waals surface area contributed by atoms with Crippen LogP contribution in [0.3, 0.4) is 0 Å². The number of carbonyl (C=O) groups excluding carboxylic acids is 1. The molecule has 6 heteroatoms. The average Bonchev–Trinajstić information content (AvgIpc) is 2.29. The molecule has 0 bridgehead atoms. The Balaban J connectivity index is 2.19. The summed E-state index contributed by atoms with van der Waals surface area (Å²) in [6.45, 7) is 1.50. The molecule has 0 unspecified atom stereocenters. The zero-order valence-corrected chi connectivity index (χ0v) is 9.10. The number of nitrogens with zero attached hydrogens (tertiary/aromatic N) is 2. The highest BCUT2D eigenvalue weighted by Crippen LogP contribution is 2.12. The number of aromatic amines is 1. The summed E-state index contributed by atoms with van der Waals surface area (Å²) in [6.07, 6.45) is 1.09. The first-order valence-corrected chi connectivity index (χ1v) is 4.95. The SMILES string of the molecule is CC(=O)c1ccc(Nc2nncc(=O)[nH]2)cc1. The molecule has 1 aromatic carbocycles. The van der Waals surface area contributed by atoms with Gasteiger partial charge < -0.3 is 5.32 Å². The highest BCUT2D eigenvalue weighted by Gasteiger charge is 2.00. The summed E-state index contributed by atoms with van der Waals surface area (Å²) in [5, 5.41) is 10.1. The Morgan fingerprint density at radius 1 is 1.29 bits per heavy atom. The molecule has 0 radical (unpaired) electrons. The van der Waals surface area contributed by atoms with Crippen molar-refractivity contribution in [3.8, 4) is 0 Å². The minimum Gasteiger partial charge on any atom is -0.324 e. The van der Waals surface area contributed by atoms with Gasteiger partial charge in [0.15, 0.2) is 5.78 Å². The van der Waals surface area contributed by atoms with Gasteiger partial charge in [-0.15, -0.1) is 10.2 Å². The van der Waals surface area contributed by atoms with Crippen LogP contribution in [0.1, 0.15) is 17.3 Å². The van der Waals surface area contributed by atoms with E-state index in [1.54, 1.807) is 24.3 Å². The van der Waals surface area contributed by atoms with E-state index < -0.39 is 0 Å².